The third-order valence-electron chi connectivity index (χ3n) is 8.09. The van der Waals surface area contributed by atoms with E-state index in [-0.39, 0.29) is 24.8 Å². The summed E-state index contributed by atoms with van der Waals surface area (Å²) in [4.78, 5) is 0. The Labute approximate surface area is 270 Å². The summed E-state index contributed by atoms with van der Waals surface area (Å²) >= 11 is -0.945. The second-order valence-electron chi connectivity index (χ2n) is 12.0. The van der Waals surface area contributed by atoms with Gasteiger partial charge in [-0.15, -0.1) is 0 Å². The van der Waals surface area contributed by atoms with E-state index >= 15 is 0 Å². The molecule has 0 saturated carbocycles. The van der Waals surface area contributed by atoms with Gasteiger partial charge in [0.25, 0.3) is 0 Å². The van der Waals surface area contributed by atoms with Crippen LogP contribution in [0.2, 0.25) is 0 Å². The summed E-state index contributed by atoms with van der Waals surface area (Å²) in [6, 6.07) is 36.1. The maximum Gasteiger partial charge on any atom is -1.00 e. The number of hydrogen-bond acceptors (Lipinski definition) is 0. The topological polar surface area (TPSA) is 0 Å². The zero-order chi connectivity index (χ0) is 26.9. The molecule has 0 N–H and O–H groups in total. The molecule has 0 saturated heterocycles. The SMILES string of the molecule is CC(C)CC1=Cc2c(-c3ccccc3)cccc2[CH]1[Zr+2][CH]1C(CC(C)C)=Cc2c(-c3ccccc3)cccc21.[Cl-].[Cl-]. The third-order valence-corrected chi connectivity index (χ3v) is 13.1. The summed E-state index contributed by atoms with van der Waals surface area (Å²) in [6.07, 6.45) is 7.57. The van der Waals surface area contributed by atoms with Gasteiger partial charge in [-0.1, -0.05) is 0 Å². The zero-order valence-electron chi connectivity index (χ0n) is 24.4. The third kappa shape index (κ3) is 6.59. The van der Waals surface area contributed by atoms with Crippen LogP contribution in [-0.2, 0) is 23.2 Å². The molecule has 208 valence electrons. The van der Waals surface area contributed by atoms with Crippen molar-refractivity contribution in [3.63, 3.8) is 0 Å². The van der Waals surface area contributed by atoms with E-state index in [0.717, 1.165) is 0 Å². The quantitative estimate of drug-likeness (QED) is 0.256. The first-order valence-electron chi connectivity index (χ1n) is 14.5. The average Bonchev–Trinajstić information content (AvgIpc) is 3.46. The average molecular weight is 657 g/mol. The Morgan fingerprint density at radius 3 is 1.27 bits per heavy atom. The van der Waals surface area contributed by atoms with Crippen LogP contribution in [0, 0.1) is 11.8 Å². The first kappa shape index (κ1) is 31.8. The van der Waals surface area contributed by atoms with Crippen molar-refractivity contribution in [2.75, 3.05) is 0 Å². The summed E-state index contributed by atoms with van der Waals surface area (Å²) < 4.78 is 1.25. The molecule has 2 aliphatic carbocycles. The van der Waals surface area contributed by atoms with Crippen LogP contribution in [-0.4, -0.2) is 0 Å². The molecular weight excluding hydrogens is 619 g/mol. The summed E-state index contributed by atoms with van der Waals surface area (Å²) in [5.41, 5.74) is 15.0. The van der Waals surface area contributed by atoms with Gasteiger partial charge in [-0.3, -0.25) is 0 Å². The number of hydrogen-bond donors (Lipinski definition) is 0. The molecule has 4 aromatic carbocycles. The molecule has 2 atom stereocenters. The van der Waals surface area contributed by atoms with Gasteiger partial charge in [-0.25, -0.2) is 0 Å². The summed E-state index contributed by atoms with van der Waals surface area (Å²) in [7, 11) is 0. The monoisotopic (exact) mass is 654 g/mol. The Morgan fingerprint density at radius 2 is 0.902 bits per heavy atom. The molecule has 0 heterocycles. The minimum atomic E-state index is -0.945. The normalized spacial score (nSPS) is 16.7. The fraction of sp³-hybridized carbons (Fsp3) is 0.263. The summed E-state index contributed by atoms with van der Waals surface area (Å²) in [5, 5.41) is 0. The molecule has 2 aliphatic rings. The van der Waals surface area contributed by atoms with Crippen LogP contribution in [0.5, 0.6) is 0 Å². The van der Waals surface area contributed by atoms with Crippen molar-refractivity contribution in [3.05, 3.63) is 130 Å². The maximum atomic E-state index is 2.59. The summed E-state index contributed by atoms with van der Waals surface area (Å²) in [6.45, 7) is 9.52. The maximum absolute atomic E-state index is 2.59. The van der Waals surface area contributed by atoms with Crippen LogP contribution in [0.4, 0.5) is 0 Å². The van der Waals surface area contributed by atoms with E-state index in [9.17, 15) is 0 Å². The first-order chi connectivity index (χ1) is 19.0. The Balaban J connectivity index is 0.00000194. The van der Waals surface area contributed by atoms with E-state index in [0.29, 0.717) is 19.1 Å². The second-order valence-corrected chi connectivity index (χ2v) is 15.7. The van der Waals surface area contributed by atoms with Gasteiger partial charge < -0.3 is 24.8 Å². The molecule has 0 amide bonds. The molecule has 0 bridgehead atoms. The fourth-order valence-electron chi connectivity index (χ4n) is 6.52. The Hall–Kier alpha value is -2.18. The van der Waals surface area contributed by atoms with Crippen molar-refractivity contribution < 1.29 is 48.0 Å². The number of fused-ring (bicyclic) bond motifs is 2. The van der Waals surface area contributed by atoms with E-state index in [1.54, 1.807) is 22.3 Å². The van der Waals surface area contributed by atoms with Crippen LogP contribution < -0.4 is 24.8 Å². The molecular formula is C38H38Cl2Zr. The van der Waals surface area contributed by atoms with Gasteiger partial charge in [0.1, 0.15) is 0 Å². The van der Waals surface area contributed by atoms with Crippen LogP contribution in [0.15, 0.2) is 108 Å². The van der Waals surface area contributed by atoms with Gasteiger partial charge >= 0.3 is 248 Å². The van der Waals surface area contributed by atoms with Gasteiger partial charge in [0, 0.05) is 0 Å². The molecule has 0 aromatic heterocycles. The second kappa shape index (κ2) is 13.9. The van der Waals surface area contributed by atoms with E-state index in [1.807, 2.05) is 0 Å². The molecule has 0 spiro atoms. The van der Waals surface area contributed by atoms with Gasteiger partial charge in [0.2, 0.25) is 0 Å². The standard InChI is InChI=1S/2C19H19.2ClH.Zr/c2*1-14(2)11-15-12-17-9-6-10-18(19(17)13-15)16-7-4-3-5-8-16;;;/h2*3-10,12-14H,11H2,1-2H3;2*1H;/q;;;;+2/p-2. The smallest absolute Gasteiger partial charge is 1.00 e. The van der Waals surface area contributed by atoms with E-state index in [4.69, 9.17) is 0 Å². The van der Waals surface area contributed by atoms with E-state index < -0.39 is 23.2 Å². The van der Waals surface area contributed by atoms with Crippen LogP contribution >= 0.6 is 0 Å². The zero-order valence-corrected chi connectivity index (χ0v) is 28.3. The van der Waals surface area contributed by atoms with Gasteiger partial charge in [0.15, 0.2) is 0 Å². The van der Waals surface area contributed by atoms with Crippen molar-refractivity contribution in [2.45, 2.75) is 47.8 Å². The molecule has 0 aliphatic heterocycles. The molecule has 3 heteroatoms. The molecule has 0 nitrogen and oxygen atoms in total. The largest absolute Gasteiger partial charge is 1.00 e. The van der Waals surface area contributed by atoms with Crippen LogP contribution in [0.1, 0.15) is 70.0 Å². The predicted octanol–water partition coefficient (Wildman–Crippen LogP) is 4.78. The molecule has 4 aromatic rings. The number of benzene rings is 4. The van der Waals surface area contributed by atoms with E-state index in [1.165, 1.54) is 46.2 Å². The van der Waals surface area contributed by atoms with Crippen molar-refractivity contribution in [1.82, 2.24) is 0 Å². The van der Waals surface area contributed by atoms with Crippen molar-refractivity contribution in [1.29, 1.82) is 0 Å². The van der Waals surface area contributed by atoms with Gasteiger partial charge in [0.05, 0.1) is 0 Å². The van der Waals surface area contributed by atoms with Crippen LogP contribution in [0.3, 0.4) is 0 Å². The number of halogens is 2. The molecule has 2 unspecified atom stereocenters. The summed E-state index contributed by atoms with van der Waals surface area (Å²) in [5.74, 6) is 1.33. The van der Waals surface area contributed by atoms with E-state index in [2.05, 4.69) is 137 Å². The first-order valence-corrected chi connectivity index (χ1v) is 17.4. The Bertz CT molecular complexity index is 1420. The minimum absolute atomic E-state index is 0. The van der Waals surface area contributed by atoms with Crippen molar-refractivity contribution in [2.24, 2.45) is 11.8 Å². The van der Waals surface area contributed by atoms with Crippen LogP contribution in [0.25, 0.3) is 34.4 Å². The van der Waals surface area contributed by atoms with Gasteiger partial charge in [-0.2, -0.15) is 0 Å². The molecule has 0 radical (unpaired) electrons. The molecule has 6 rings (SSSR count). The fourth-order valence-corrected chi connectivity index (χ4v) is 11.5. The Kier molecular flexibility index (Phi) is 10.7. The van der Waals surface area contributed by atoms with Crippen molar-refractivity contribution >= 4 is 12.2 Å². The molecule has 0 fully saturated rings. The minimum Gasteiger partial charge on any atom is -1.00 e. The Morgan fingerprint density at radius 1 is 0.512 bits per heavy atom. The predicted molar refractivity (Wildman–Crippen MR) is 164 cm³/mol. The van der Waals surface area contributed by atoms with Crippen molar-refractivity contribution in [3.8, 4) is 22.3 Å². The number of rotatable bonds is 8. The van der Waals surface area contributed by atoms with Gasteiger partial charge in [-0.05, 0) is 0 Å². The number of allylic oxidation sites excluding steroid dienone is 2. The molecule has 41 heavy (non-hydrogen) atoms.